The maximum Gasteiger partial charge on any atom is 0.318 e. The van der Waals surface area contributed by atoms with Crippen LogP contribution in [0.15, 0.2) is 0 Å². The largest absolute Gasteiger partial charge is 0.480 e. The van der Waals surface area contributed by atoms with E-state index in [2.05, 4.69) is 12.6 Å². The summed E-state index contributed by atoms with van der Waals surface area (Å²) >= 11 is 5.44. The first-order valence-corrected chi connectivity index (χ1v) is 7.29. The number of hydrogen-bond acceptors (Lipinski definition) is 5. The lowest BCUT2D eigenvalue weighted by atomic mass is 10.7. The molecule has 8 heteroatoms. The minimum atomic E-state index is -3.43. The standard InChI is InChI=1S/C6H13NO4S3/c8-6(9)5-7-14(10,11)4-3-13-2-1-12/h7,12H,1-5H2,(H,8,9). The molecular weight excluding hydrogens is 246 g/mol. The molecule has 84 valence electrons. The number of hydrogen-bond donors (Lipinski definition) is 3. The van der Waals surface area contributed by atoms with Gasteiger partial charge >= 0.3 is 5.97 Å². The monoisotopic (exact) mass is 259 g/mol. The van der Waals surface area contributed by atoms with Crippen LogP contribution in [0.2, 0.25) is 0 Å². The highest BCUT2D eigenvalue weighted by molar-refractivity contribution is 8.01. The number of carbonyl (C=O) groups is 1. The summed E-state index contributed by atoms with van der Waals surface area (Å²) in [4.78, 5) is 10.1. The van der Waals surface area contributed by atoms with E-state index in [1.54, 1.807) is 0 Å². The summed E-state index contributed by atoms with van der Waals surface area (Å²) in [6.07, 6.45) is 0. The predicted octanol–water partition coefficient (Wildman–Crippen LogP) is -0.347. The van der Waals surface area contributed by atoms with E-state index in [4.69, 9.17) is 5.11 Å². The van der Waals surface area contributed by atoms with E-state index in [-0.39, 0.29) is 5.75 Å². The maximum atomic E-state index is 11.1. The number of carboxylic acids is 1. The molecule has 0 spiro atoms. The van der Waals surface area contributed by atoms with E-state index < -0.39 is 22.5 Å². The van der Waals surface area contributed by atoms with Gasteiger partial charge in [0.05, 0.1) is 5.75 Å². The molecule has 0 saturated carbocycles. The SMILES string of the molecule is O=C(O)CNS(=O)(=O)CCSCCS. The van der Waals surface area contributed by atoms with Crippen molar-refractivity contribution < 1.29 is 18.3 Å². The third kappa shape index (κ3) is 8.67. The van der Waals surface area contributed by atoms with Crippen LogP contribution in [0.5, 0.6) is 0 Å². The van der Waals surface area contributed by atoms with Gasteiger partial charge < -0.3 is 5.11 Å². The number of rotatable bonds is 8. The molecule has 0 heterocycles. The minimum Gasteiger partial charge on any atom is -0.480 e. The molecule has 0 aliphatic rings. The maximum absolute atomic E-state index is 11.1. The molecule has 0 radical (unpaired) electrons. The van der Waals surface area contributed by atoms with Gasteiger partial charge in [0.2, 0.25) is 10.0 Å². The normalized spacial score (nSPS) is 11.5. The van der Waals surface area contributed by atoms with E-state index in [0.717, 1.165) is 5.75 Å². The van der Waals surface area contributed by atoms with Crippen molar-refractivity contribution >= 4 is 40.4 Å². The molecule has 5 nitrogen and oxygen atoms in total. The Labute approximate surface area is 93.1 Å². The Balaban J connectivity index is 3.67. The zero-order valence-electron chi connectivity index (χ0n) is 7.47. The van der Waals surface area contributed by atoms with Gasteiger partial charge in [0, 0.05) is 11.5 Å². The van der Waals surface area contributed by atoms with Gasteiger partial charge in [-0.3, -0.25) is 4.79 Å². The Morgan fingerprint density at radius 3 is 2.57 bits per heavy atom. The molecule has 0 aromatic rings. The van der Waals surface area contributed by atoms with Gasteiger partial charge in [-0.2, -0.15) is 24.4 Å². The van der Waals surface area contributed by atoms with Crippen molar-refractivity contribution in [3.63, 3.8) is 0 Å². The van der Waals surface area contributed by atoms with E-state index in [1.165, 1.54) is 11.8 Å². The highest BCUT2D eigenvalue weighted by Crippen LogP contribution is 2.01. The van der Waals surface area contributed by atoms with Crippen molar-refractivity contribution in [3.05, 3.63) is 0 Å². The van der Waals surface area contributed by atoms with Crippen molar-refractivity contribution in [2.24, 2.45) is 0 Å². The fourth-order valence-electron chi connectivity index (χ4n) is 0.579. The van der Waals surface area contributed by atoms with Crippen molar-refractivity contribution in [2.45, 2.75) is 0 Å². The quantitative estimate of drug-likeness (QED) is 0.410. The summed E-state index contributed by atoms with van der Waals surface area (Å²) in [6.45, 7) is -0.556. The Morgan fingerprint density at radius 1 is 1.43 bits per heavy atom. The van der Waals surface area contributed by atoms with E-state index >= 15 is 0 Å². The number of thioether (sulfide) groups is 1. The highest BCUT2D eigenvalue weighted by atomic mass is 32.2. The van der Waals surface area contributed by atoms with Gasteiger partial charge in [-0.25, -0.2) is 13.1 Å². The molecule has 0 aromatic heterocycles. The first-order chi connectivity index (χ1) is 6.48. The van der Waals surface area contributed by atoms with E-state index in [9.17, 15) is 13.2 Å². The van der Waals surface area contributed by atoms with Gasteiger partial charge in [0.15, 0.2) is 0 Å². The van der Waals surface area contributed by atoms with Crippen LogP contribution >= 0.6 is 24.4 Å². The molecule has 0 fully saturated rings. The second kappa shape index (κ2) is 7.38. The summed E-state index contributed by atoms with van der Waals surface area (Å²) in [6, 6.07) is 0. The second-order valence-corrected chi connectivity index (χ2v) is 5.97. The lowest BCUT2D eigenvalue weighted by Gasteiger charge is -2.03. The molecule has 0 aromatic carbocycles. The smallest absolute Gasteiger partial charge is 0.318 e. The summed E-state index contributed by atoms with van der Waals surface area (Å²) in [5.74, 6) is 0.704. The number of aliphatic carboxylic acids is 1. The first kappa shape index (κ1) is 14.1. The van der Waals surface area contributed by atoms with Crippen molar-refractivity contribution in [3.8, 4) is 0 Å². The molecule has 0 amide bonds. The molecule has 0 bridgehead atoms. The molecule has 0 saturated heterocycles. The predicted molar refractivity (Wildman–Crippen MR) is 60.6 cm³/mol. The van der Waals surface area contributed by atoms with E-state index in [1.807, 2.05) is 4.72 Å². The Kier molecular flexibility index (Phi) is 7.42. The summed E-state index contributed by atoms with van der Waals surface area (Å²) < 4.78 is 24.2. The van der Waals surface area contributed by atoms with Crippen LogP contribution in [0.25, 0.3) is 0 Å². The molecule has 0 unspecified atom stereocenters. The van der Waals surface area contributed by atoms with Crippen LogP contribution in [0, 0.1) is 0 Å². The molecule has 0 aliphatic carbocycles. The van der Waals surface area contributed by atoms with Crippen molar-refractivity contribution in [2.75, 3.05) is 29.6 Å². The van der Waals surface area contributed by atoms with E-state index in [0.29, 0.717) is 11.5 Å². The number of thiol groups is 1. The summed E-state index contributed by atoms with van der Waals surface area (Å²) in [7, 11) is -3.43. The first-order valence-electron chi connectivity index (χ1n) is 3.85. The van der Waals surface area contributed by atoms with Crippen LogP contribution in [0.4, 0.5) is 0 Å². The van der Waals surface area contributed by atoms with Gasteiger partial charge in [-0.15, -0.1) is 0 Å². The number of nitrogens with one attached hydrogen (secondary N) is 1. The third-order valence-corrected chi connectivity index (χ3v) is 4.27. The van der Waals surface area contributed by atoms with Gasteiger partial charge in [0.25, 0.3) is 0 Å². The molecule has 0 aliphatic heterocycles. The molecule has 14 heavy (non-hydrogen) atoms. The lowest BCUT2D eigenvalue weighted by Crippen LogP contribution is -2.32. The van der Waals surface area contributed by atoms with Crippen LogP contribution in [0.1, 0.15) is 0 Å². The average Bonchev–Trinajstić information content (AvgIpc) is 2.10. The number of sulfonamides is 1. The topological polar surface area (TPSA) is 83.5 Å². The Morgan fingerprint density at radius 2 is 2.07 bits per heavy atom. The van der Waals surface area contributed by atoms with Crippen molar-refractivity contribution in [1.29, 1.82) is 0 Å². The fraction of sp³-hybridized carbons (Fsp3) is 0.833. The second-order valence-electron chi connectivity index (χ2n) is 2.37. The molecule has 2 N–H and O–H groups in total. The van der Waals surface area contributed by atoms with Crippen LogP contribution in [0.3, 0.4) is 0 Å². The zero-order chi connectivity index (χ0) is 11.0. The Hall–Kier alpha value is 0.0800. The summed E-state index contributed by atoms with van der Waals surface area (Å²) in [5, 5.41) is 8.24. The number of carboxylic acid groups (broad SMARTS) is 1. The molecular formula is C6H13NO4S3. The third-order valence-electron chi connectivity index (χ3n) is 1.18. The minimum absolute atomic E-state index is 0.0568. The highest BCUT2D eigenvalue weighted by Gasteiger charge is 2.10. The van der Waals surface area contributed by atoms with Gasteiger partial charge in [0.1, 0.15) is 6.54 Å². The van der Waals surface area contributed by atoms with Crippen LogP contribution < -0.4 is 4.72 Å². The van der Waals surface area contributed by atoms with Gasteiger partial charge in [-0.05, 0) is 5.75 Å². The van der Waals surface area contributed by atoms with Crippen LogP contribution in [-0.2, 0) is 14.8 Å². The average molecular weight is 259 g/mol. The molecule has 0 atom stereocenters. The van der Waals surface area contributed by atoms with Crippen LogP contribution in [-0.4, -0.2) is 49.0 Å². The Bertz CT molecular complexity index is 264. The van der Waals surface area contributed by atoms with Gasteiger partial charge in [-0.1, -0.05) is 0 Å². The lowest BCUT2D eigenvalue weighted by molar-refractivity contribution is -0.135. The zero-order valence-corrected chi connectivity index (χ0v) is 10.00. The fourth-order valence-corrected chi connectivity index (χ4v) is 3.14. The molecule has 0 rings (SSSR count). The van der Waals surface area contributed by atoms with Crippen molar-refractivity contribution in [1.82, 2.24) is 4.72 Å². The summed E-state index contributed by atoms with van der Waals surface area (Å²) in [5.41, 5.74) is 0.